The Bertz CT molecular complexity index is 703. The number of isocyanates is 1. The minimum Gasteiger partial charge on any atom is -0.280 e. The van der Waals surface area contributed by atoms with Crippen molar-refractivity contribution in [2.75, 3.05) is 4.72 Å². The van der Waals surface area contributed by atoms with Gasteiger partial charge in [0.15, 0.2) is 0 Å². The summed E-state index contributed by atoms with van der Waals surface area (Å²) in [5.74, 6) is 0. The number of hydrogen-bond acceptors (Lipinski definition) is 4. The third-order valence-electron chi connectivity index (χ3n) is 2.35. The van der Waals surface area contributed by atoms with Crippen molar-refractivity contribution in [2.45, 2.75) is 4.90 Å². The van der Waals surface area contributed by atoms with Crippen LogP contribution in [0.2, 0.25) is 0 Å². The molecule has 0 atom stereocenters. The Kier molecular flexibility index (Phi) is 3.75. The van der Waals surface area contributed by atoms with Crippen molar-refractivity contribution in [3.8, 4) is 0 Å². The molecule has 0 aromatic heterocycles. The summed E-state index contributed by atoms with van der Waals surface area (Å²) < 4.78 is 26.6. The third-order valence-corrected chi connectivity index (χ3v) is 3.74. The van der Waals surface area contributed by atoms with E-state index in [9.17, 15) is 13.2 Å². The van der Waals surface area contributed by atoms with Crippen molar-refractivity contribution >= 4 is 27.5 Å². The van der Waals surface area contributed by atoms with Gasteiger partial charge in [0.1, 0.15) is 0 Å². The fraction of sp³-hybridized carbons (Fsp3) is 0. The summed E-state index contributed by atoms with van der Waals surface area (Å²) in [7, 11) is -3.64. The van der Waals surface area contributed by atoms with Crippen LogP contribution in [0.25, 0.3) is 0 Å². The largest absolute Gasteiger partial charge is 0.280 e. The lowest BCUT2D eigenvalue weighted by atomic mass is 10.3. The second-order valence-corrected chi connectivity index (χ2v) is 5.35. The molecule has 0 bridgehead atoms. The Hall–Kier alpha value is -2.43. The van der Waals surface area contributed by atoms with E-state index >= 15 is 0 Å². The Morgan fingerprint density at radius 3 is 2.16 bits per heavy atom. The van der Waals surface area contributed by atoms with E-state index in [2.05, 4.69) is 9.71 Å². The van der Waals surface area contributed by atoms with E-state index < -0.39 is 10.0 Å². The summed E-state index contributed by atoms with van der Waals surface area (Å²) in [6.07, 6.45) is 1.39. The molecule has 19 heavy (non-hydrogen) atoms. The molecule has 0 saturated heterocycles. The zero-order valence-corrected chi connectivity index (χ0v) is 10.6. The highest BCUT2D eigenvalue weighted by Gasteiger charge is 2.13. The van der Waals surface area contributed by atoms with Crippen LogP contribution in [-0.4, -0.2) is 14.5 Å². The zero-order valence-electron chi connectivity index (χ0n) is 9.78. The number of nitrogens with one attached hydrogen (secondary N) is 1. The number of rotatable bonds is 4. The number of anilines is 1. The molecule has 0 aliphatic heterocycles. The van der Waals surface area contributed by atoms with Crippen LogP contribution in [0.15, 0.2) is 64.5 Å². The van der Waals surface area contributed by atoms with E-state index in [4.69, 9.17) is 0 Å². The van der Waals surface area contributed by atoms with Crippen LogP contribution in [0, 0.1) is 0 Å². The first-order chi connectivity index (χ1) is 9.12. The minimum atomic E-state index is -3.64. The summed E-state index contributed by atoms with van der Waals surface area (Å²) in [5.41, 5.74) is 0.839. The molecule has 0 saturated carbocycles. The molecule has 5 nitrogen and oxygen atoms in total. The summed E-state index contributed by atoms with van der Waals surface area (Å²) in [5, 5.41) is 0. The van der Waals surface area contributed by atoms with Crippen molar-refractivity contribution in [2.24, 2.45) is 4.99 Å². The quantitative estimate of drug-likeness (QED) is 0.687. The number of nitrogens with zero attached hydrogens (tertiary/aromatic N) is 1. The molecular weight excluding hydrogens is 264 g/mol. The van der Waals surface area contributed by atoms with Gasteiger partial charge in [-0.2, -0.15) is 4.99 Å². The Balaban J connectivity index is 2.27. The van der Waals surface area contributed by atoms with Gasteiger partial charge in [-0.25, -0.2) is 13.2 Å². The number of hydrogen-bond donors (Lipinski definition) is 1. The minimum absolute atomic E-state index is 0.0983. The van der Waals surface area contributed by atoms with Gasteiger partial charge in [0.05, 0.1) is 10.6 Å². The second kappa shape index (κ2) is 5.48. The molecule has 0 amide bonds. The smallest absolute Gasteiger partial charge is 0.261 e. The van der Waals surface area contributed by atoms with Crippen molar-refractivity contribution in [3.05, 3.63) is 54.6 Å². The standard InChI is InChI=1S/C13H10N2O3S/c16-10-14-11-6-8-13(9-7-11)19(17,18)15-12-4-2-1-3-5-12/h1-9,15H. The highest BCUT2D eigenvalue weighted by molar-refractivity contribution is 7.92. The van der Waals surface area contributed by atoms with E-state index in [1.165, 1.54) is 30.3 Å². The number of aliphatic imine (C=N–C) groups is 1. The summed E-state index contributed by atoms with van der Waals surface area (Å²) in [4.78, 5) is 13.6. The monoisotopic (exact) mass is 274 g/mol. The molecule has 0 aliphatic rings. The fourth-order valence-electron chi connectivity index (χ4n) is 1.47. The van der Waals surface area contributed by atoms with E-state index in [0.717, 1.165) is 0 Å². The van der Waals surface area contributed by atoms with Crippen molar-refractivity contribution < 1.29 is 13.2 Å². The van der Waals surface area contributed by atoms with E-state index in [1.807, 2.05) is 0 Å². The first-order valence-electron chi connectivity index (χ1n) is 5.37. The van der Waals surface area contributed by atoms with E-state index in [0.29, 0.717) is 11.4 Å². The lowest BCUT2D eigenvalue weighted by Gasteiger charge is -2.07. The van der Waals surface area contributed by atoms with Gasteiger partial charge in [0.2, 0.25) is 6.08 Å². The summed E-state index contributed by atoms with van der Waals surface area (Å²) in [6, 6.07) is 14.2. The van der Waals surface area contributed by atoms with Crippen molar-refractivity contribution in [1.82, 2.24) is 0 Å². The van der Waals surface area contributed by atoms with Gasteiger partial charge in [-0.1, -0.05) is 18.2 Å². The normalized spacial score (nSPS) is 10.5. The molecule has 0 heterocycles. The molecular formula is C13H10N2O3S. The molecule has 0 fully saturated rings. The van der Waals surface area contributed by atoms with Crippen molar-refractivity contribution in [1.29, 1.82) is 0 Å². The number of benzene rings is 2. The molecule has 1 N–H and O–H groups in total. The van der Waals surface area contributed by atoms with Gasteiger partial charge < -0.3 is 0 Å². The topological polar surface area (TPSA) is 75.6 Å². The lowest BCUT2D eigenvalue weighted by Crippen LogP contribution is -2.12. The summed E-state index contributed by atoms with van der Waals surface area (Å²) >= 11 is 0. The molecule has 2 aromatic carbocycles. The number of carbonyl (C=O) groups excluding carboxylic acids is 1. The Morgan fingerprint density at radius 1 is 0.947 bits per heavy atom. The predicted octanol–water partition coefficient (Wildman–Crippen LogP) is 2.45. The fourth-order valence-corrected chi connectivity index (χ4v) is 2.53. The number of para-hydroxylation sites is 1. The van der Waals surface area contributed by atoms with Crippen LogP contribution in [0.1, 0.15) is 0 Å². The van der Waals surface area contributed by atoms with Crippen LogP contribution in [0.4, 0.5) is 11.4 Å². The number of sulfonamides is 1. The third kappa shape index (κ3) is 3.28. The van der Waals surface area contributed by atoms with Crippen LogP contribution in [0.3, 0.4) is 0 Å². The van der Waals surface area contributed by atoms with Gasteiger partial charge in [0.25, 0.3) is 10.0 Å². The second-order valence-electron chi connectivity index (χ2n) is 3.67. The first-order valence-corrected chi connectivity index (χ1v) is 6.86. The average molecular weight is 274 g/mol. The molecule has 0 spiro atoms. The molecule has 0 aliphatic carbocycles. The van der Waals surface area contributed by atoms with Gasteiger partial charge in [-0.05, 0) is 36.4 Å². The van der Waals surface area contributed by atoms with E-state index in [1.54, 1.807) is 30.3 Å². The maximum absolute atomic E-state index is 12.1. The molecule has 0 unspecified atom stereocenters. The molecule has 6 heteroatoms. The lowest BCUT2D eigenvalue weighted by molar-refractivity contribution is 0.565. The zero-order chi connectivity index (χ0) is 13.7. The maximum Gasteiger partial charge on any atom is 0.261 e. The van der Waals surface area contributed by atoms with Crippen LogP contribution in [-0.2, 0) is 14.8 Å². The van der Waals surface area contributed by atoms with Gasteiger partial charge in [-0.3, -0.25) is 4.72 Å². The predicted molar refractivity (Wildman–Crippen MR) is 71.5 cm³/mol. The molecule has 2 aromatic rings. The molecule has 2 rings (SSSR count). The molecule has 96 valence electrons. The summed E-state index contributed by atoms with van der Waals surface area (Å²) in [6.45, 7) is 0. The Morgan fingerprint density at radius 2 is 1.58 bits per heavy atom. The van der Waals surface area contributed by atoms with Crippen LogP contribution < -0.4 is 4.72 Å². The SMILES string of the molecule is O=C=Nc1ccc(S(=O)(=O)Nc2ccccc2)cc1. The highest BCUT2D eigenvalue weighted by atomic mass is 32.2. The van der Waals surface area contributed by atoms with Crippen LogP contribution in [0.5, 0.6) is 0 Å². The highest BCUT2D eigenvalue weighted by Crippen LogP contribution is 2.18. The van der Waals surface area contributed by atoms with Gasteiger partial charge in [-0.15, -0.1) is 0 Å². The van der Waals surface area contributed by atoms with Gasteiger partial charge >= 0.3 is 0 Å². The average Bonchev–Trinajstić information content (AvgIpc) is 2.40. The first kappa shape index (κ1) is 13.0. The van der Waals surface area contributed by atoms with E-state index in [-0.39, 0.29) is 4.90 Å². The van der Waals surface area contributed by atoms with Crippen LogP contribution >= 0.6 is 0 Å². The Labute approximate surface area is 110 Å². The van der Waals surface area contributed by atoms with Crippen molar-refractivity contribution in [3.63, 3.8) is 0 Å². The van der Waals surface area contributed by atoms with Gasteiger partial charge in [0, 0.05) is 5.69 Å². The molecule has 0 radical (unpaired) electrons. The maximum atomic E-state index is 12.1.